The molecule has 1 aromatic carbocycles. The van der Waals surface area contributed by atoms with E-state index in [1.165, 1.54) is 18.3 Å². The van der Waals surface area contributed by atoms with E-state index < -0.39 is 6.09 Å². The Morgan fingerprint density at radius 2 is 2.00 bits per heavy atom. The fraction of sp³-hybridized carbons (Fsp3) is 0.0833. The molecule has 2 rings (SSSR count). The van der Waals surface area contributed by atoms with Gasteiger partial charge in [0.1, 0.15) is 11.4 Å². The van der Waals surface area contributed by atoms with Crippen LogP contribution in [0.4, 0.5) is 9.93 Å². The maximum absolute atomic E-state index is 11.5. The standard InChI is InChI=1S/C12H10N2O3S/c1-8(15)10-7-18-11(13-10)14-12(16)17-9-5-3-2-4-6-9/h2-7H,1H3,(H,13,14,16). The predicted octanol–water partition coefficient (Wildman–Crippen LogP) is 2.96. The molecule has 0 spiro atoms. The lowest BCUT2D eigenvalue weighted by molar-refractivity contribution is 0.101. The van der Waals surface area contributed by atoms with Crippen molar-refractivity contribution in [3.63, 3.8) is 0 Å². The number of carbonyl (C=O) groups excluding carboxylic acids is 2. The number of rotatable bonds is 3. The summed E-state index contributed by atoms with van der Waals surface area (Å²) in [6, 6.07) is 8.69. The molecule has 1 amide bonds. The van der Waals surface area contributed by atoms with Gasteiger partial charge in [0.05, 0.1) is 0 Å². The summed E-state index contributed by atoms with van der Waals surface area (Å²) in [4.78, 5) is 26.5. The van der Waals surface area contributed by atoms with Crippen molar-refractivity contribution in [2.75, 3.05) is 5.32 Å². The Hall–Kier alpha value is -2.21. The first kappa shape index (κ1) is 12.3. The maximum atomic E-state index is 11.5. The Kier molecular flexibility index (Phi) is 3.69. The van der Waals surface area contributed by atoms with E-state index in [-0.39, 0.29) is 5.78 Å². The molecule has 1 aromatic heterocycles. The third-order valence-corrected chi connectivity index (χ3v) is 2.79. The Morgan fingerprint density at radius 3 is 2.61 bits per heavy atom. The second kappa shape index (κ2) is 5.42. The van der Waals surface area contributed by atoms with Crippen molar-refractivity contribution < 1.29 is 14.3 Å². The summed E-state index contributed by atoms with van der Waals surface area (Å²) in [7, 11) is 0. The number of benzene rings is 1. The van der Waals surface area contributed by atoms with Gasteiger partial charge in [-0.1, -0.05) is 18.2 Å². The second-order valence-electron chi connectivity index (χ2n) is 3.42. The molecule has 92 valence electrons. The zero-order valence-electron chi connectivity index (χ0n) is 9.54. The number of anilines is 1. The Labute approximate surface area is 107 Å². The Bertz CT molecular complexity index is 566. The van der Waals surface area contributed by atoms with Crippen LogP contribution in [0, 0.1) is 0 Å². The van der Waals surface area contributed by atoms with E-state index in [0.29, 0.717) is 16.6 Å². The third kappa shape index (κ3) is 3.14. The Balaban J connectivity index is 1.97. The highest BCUT2D eigenvalue weighted by molar-refractivity contribution is 7.14. The molecule has 5 nitrogen and oxygen atoms in total. The first-order valence-electron chi connectivity index (χ1n) is 5.15. The number of ether oxygens (including phenoxy) is 1. The average Bonchev–Trinajstić information content (AvgIpc) is 2.78. The number of nitrogens with zero attached hydrogens (tertiary/aromatic N) is 1. The zero-order chi connectivity index (χ0) is 13.0. The second-order valence-corrected chi connectivity index (χ2v) is 4.28. The first-order chi connectivity index (χ1) is 8.65. The monoisotopic (exact) mass is 262 g/mol. The summed E-state index contributed by atoms with van der Waals surface area (Å²) in [6.07, 6.45) is -0.634. The summed E-state index contributed by atoms with van der Waals surface area (Å²) >= 11 is 1.17. The van der Waals surface area contributed by atoms with Gasteiger partial charge >= 0.3 is 6.09 Å². The largest absolute Gasteiger partial charge is 0.418 e. The molecule has 0 aliphatic heterocycles. The number of Topliss-reactive ketones (excluding diaryl/α,β-unsaturated/α-hetero) is 1. The van der Waals surface area contributed by atoms with Crippen molar-refractivity contribution in [3.8, 4) is 5.75 Å². The quantitative estimate of drug-likeness (QED) is 0.863. The van der Waals surface area contributed by atoms with Gasteiger partial charge in [-0.2, -0.15) is 0 Å². The van der Waals surface area contributed by atoms with Crippen LogP contribution in [0.25, 0.3) is 0 Å². The topological polar surface area (TPSA) is 68.3 Å². The summed E-state index contributed by atoms with van der Waals surface area (Å²) in [5, 5.41) is 4.38. The van der Waals surface area contributed by atoms with Gasteiger partial charge in [0.15, 0.2) is 10.9 Å². The van der Waals surface area contributed by atoms with Crippen LogP contribution < -0.4 is 10.1 Å². The number of para-hydroxylation sites is 1. The predicted molar refractivity (Wildman–Crippen MR) is 68.2 cm³/mol. The molecule has 0 fully saturated rings. The molecular weight excluding hydrogens is 252 g/mol. The molecule has 0 aliphatic rings. The molecule has 0 radical (unpaired) electrons. The fourth-order valence-corrected chi connectivity index (χ4v) is 1.94. The van der Waals surface area contributed by atoms with Crippen molar-refractivity contribution >= 4 is 28.3 Å². The van der Waals surface area contributed by atoms with Gasteiger partial charge in [-0.15, -0.1) is 11.3 Å². The number of hydrogen-bond acceptors (Lipinski definition) is 5. The zero-order valence-corrected chi connectivity index (χ0v) is 10.4. The average molecular weight is 262 g/mol. The van der Waals surface area contributed by atoms with Crippen LogP contribution in [0.1, 0.15) is 17.4 Å². The van der Waals surface area contributed by atoms with Gasteiger partial charge in [-0.05, 0) is 12.1 Å². The summed E-state index contributed by atoms with van der Waals surface area (Å²) in [5.74, 6) is 0.300. The third-order valence-electron chi connectivity index (χ3n) is 2.03. The van der Waals surface area contributed by atoms with Crippen molar-refractivity contribution in [1.82, 2.24) is 4.98 Å². The summed E-state index contributed by atoms with van der Waals surface area (Å²) < 4.78 is 5.02. The van der Waals surface area contributed by atoms with Gasteiger partial charge in [0.2, 0.25) is 0 Å². The molecule has 2 aromatic rings. The van der Waals surface area contributed by atoms with E-state index in [1.54, 1.807) is 29.6 Å². The van der Waals surface area contributed by atoms with Gasteiger partial charge in [-0.3, -0.25) is 10.1 Å². The Morgan fingerprint density at radius 1 is 1.28 bits per heavy atom. The van der Waals surface area contributed by atoms with Crippen LogP contribution in [0.3, 0.4) is 0 Å². The van der Waals surface area contributed by atoms with E-state index in [2.05, 4.69) is 10.3 Å². The maximum Gasteiger partial charge on any atom is 0.418 e. The smallest absolute Gasteiger partial charge is 0.410 e. The number of nitrogens with one attached hydrogen (secondary N) is 1. The molecule has 0 saturated heterocycles. The molecule has 0 unspecified atom stereocenters. The minimum atomic E-state index is -0.634. The van der Waals surface area contributed by atoms with E-state index in [0.717, 1.165) is 0 Å². The molecular formula is C12H10N2O3S. The van der Waals surface area contributed by atoms with Gasteiger partial charge in [0.25, 0.3) is 0 Å². The number of carbonyl (C=O) groups is 2. The number of thiazole rings is 1. The van der Waals surface area contributed by atoms with Crippen LogP contribution in [-0.4, -0.2) is 16.9 Å². The molecule has 1 heterocycles. The highest BCUT2D eigenvalue weighted by atomic mass is 32.1. The molecule has 6 heteroatoms. The SMILES string of the molecule is CC(=O)c1csc(NC(=O)Oc2ccccc2)n1. The first-order valence-corrected chi connectivity index (χ1v) is 6.03. The molecule has 18 heavy (non-hydrogen) atoms. The molecule has 0 aliphatic carbocycles. The van der Waals surface area contributed by atoms with Crippen molar-refractivity contribution in [2.24, 2.45) is 0 Å². The number of hydrogen-bond donors (Lipinski definition) is 1. The molecule has 0 bridgehead atoms. The van der Waals surface area contributed by atoms with E-state index >= 15 is 0 Å². The van der Waals surface area contributed by atoms with Crippen molar-refractivity contribution in [3.05, 3.63) is 41.4 Å². The lowest BCUT2D eigenvalue weighted by Gasteiger charge is -2.03. The number of ketones is 1. The summed E-state index contributed by atoms with van der Waals surface area (Å²) in [5.41, 5.74) is 0.329. The van der Waals surface area contributed by atoms with Crippen LogP contribution in [0.5, 0.6) is 5.75 Å². The molecule has 0 saturated carbocycles. The lowest BCUT2D eigenvalue weighted by Crippen LogP contribution is -2.16. The number of aromatic nitrogens is 1. The minimum Gasteiger partial charge on any atom is -0.410 e. The lowest BCUT2D eigenvalue weighted by atomic mass is 10.3. The van der Waals surface area contributed by atoms with E-state index in [1.807, 2.05) is 6.07 Å². The highest BCUT2D eigenvalue weighted by Crippen LogP contribution is 2.16. The normalized spacial score (nSPS) is 9.83. The minimum absolute atomic E-state index is 0.143. The summed E-state index contributed by atoms with van der Waals surface area (Å²) in [6.45, 7) is 1.42. The van der Waals surface area contributed by atoms with Gasteiger partial charge in [0, 0.05) is 12.3 Å². The van der Waals surface area contributed by atoms with Crippen LogP contribution >= 0.6 is 11.3 Å². The van der Waals surface area contributed by atoms with Crippen molar-refractivity contribution in [1.29, 1.82) is 0 Å². The van der Waals surface area contributed by atoms with E-state index in [9.17, 15) is 9.59 Å². The number of amides is 1. The highest BCUT2D eigenvalue weighted by Gasteiger charge is 2.10. The van der Waals surface area contributed by atoms with Crippen LogP contribution in [0.2, 0.25) is 0 Å². The fourth-order valence-electron chi connectivity index (χ4n) is 1.20. The van der Waals surface area contributed by atoms with Crippen LogP contribution in [0.15, 0.2) is 35.7 Å². The van der Waals surface area contributed by atoms with Crippen molar-refractivity contribution in [2.45, 2.75) is 6.92 Å². The molecule has 1 N–H and O–H groups in total. The van der Waals surface area contributed by atoms with E-state index in [4.69, 9.17) is 4.74 Å². The van der Waals surface area contributed by atoms with Gasteiger partial charge in [-0.25, -0.2) is 9.78 Å². The van der Waals surface area contributed by atoms with Gasteiger partial charge < -0.3 is 4.74 Å². The van der Waals surface area contributed by atoms with Crippen LogP contribution in [-0.2, 0) is 0 Å². The molecule has 0 atom stereocenters.